The summed E-state index contributed by atoms with van der Waals surface area (Å²) in [5.74, 6) is -0.217. The van der Waals surface area contributed by atoms with Crippen molar-refractivity contribution in [3.05, 3.63) is 35.4 Å². The number of amides is 2. The number of benzene rings is 1. The number of ketones is 1. The summed E-state index contributed by atoms with van der Waals surface area (Å²) in [6.07, 6.45) is 1.57. The van der Waals surface area contributed by atoms with Gasteiger partial charge in [0.15, 0.2) is 5.78 Å². The zero-order valence-corrected chi connectivity index (χ0v) is 11.0. The van der Waals surface area contributed by atoms with Crippen LogP contribution in [0.3, 0.4) is 0 Å². The van der Waals surface area contributed by atoms with Gasteiger partial charge in [0.25, 0.3) is 0 Å². The molecule has 0 bridgehead atoms. The number of hydrogen-bond acceptors (Lipinski definition) is 3. The number of imide groups is 1. The standard InChI is InChI=1S/C15H17NO3/c1-11-5-7-12(8-6-11)13(17)3-2-4-14(18)16-10-9-15(16)19/h5-8H,2-4,9-10H2,1H3. The van der Waals surface area contributed by atoms with Gasteiger partial charge in [-0.25, -0.2) is 0 Å². The smallest absolute Gasteiger partial charge is 0.230 e. The monoisotopic (exact) mass is 259 g/mol. The van der Waals surface area contributed by atoms with Crippen LogP contribution in [0.4, 0.5) is 0 Å². The van der Waals surface area contributed by atoms with Crippen molar-refractivity contribution < 1.29 is 14.4 Å². The molecule has 1 fully saturated rings. The lowest BCUT2D eigenvalue weighted by Crippen LogP contribution is -2.47. The van der Waals surface area contributed by atoms with Crippen molar-refractivity contribution in [3.8, 4) is 0 Å². The third-order valence-corrected chi connectivity index (χ3v) is 3.32. The summed E-state index contributed by atoms with van der Waals surface area (Å²) in [4.78, 5) is 35.8. The van der Waals surface area contributed by atoms with Crippen LogP contribution in [0.2, 0.25) is 0 Å². The van der Waals surface area contributed by atoms with Gasteiger partial charge in [-0.1, -0.05) is 29.8 Å². The van der Waals surface area contributed by atoms with E-state index >= 15 is 0 Å². The Morgan fingerprint density at radius 1 is 1.16 bits per heavy atom. The van der Waals surface area contributed by atoms with E-state index in [0.717, 1.165) is 5.56 Å². The molecule has 4 nitrogen and oxygen atoms in total. The van der Waals surface area contributed by atoms with E-state index < -0.39 is 0 Å². The van der Waals surface area contributed by atoms with Gasteiger partial charge in [-0.2, -0.15) is 0 Å². The Hall–Kier alpha value is -1.97. The van der Waals surface area contributed by atoms with E-state index in [1.54, 1.807) is 12.1 Å². The summed E-state index contributed by atoms with van der Waals surface area (Å²) in [5.41, 5.74) is 1.79. The lowest BCUT2D eigenvalue weighted by molar-refractivity contribution is -0.152. The summed E-state index contributed by atoms with van der Waals surface area (Å²) >= 11 is 0. The molecule has 0 atom stereocenters. The van der Waals surface area contributed by atoms with E-state index in [4.69, 9.17) is 0 Å². The second kappa shape index (κ2) is 5.78. The highest BCUT2D eigenvalue weighted by Crippen LogP contribution is 2.13. The van der Waals surface area contributed by atoms with Crippen LogP contribution in [0.5, 0.6) is 0 Å². The molecule has 4 heteroatoms. The van der Waals surface area contributed by atoms with Gasteiger partial charge < -0.3 is 0 Å². The van der Waals surface area contributed by atoms with Gasteiger partial charge in [0, 0.05) is 31.4 Å². The Labute approximate surface area is 112 Å². The van der Waals surface area contributed by atoms with Crippen LogP contribution in [0.15, 0.2) is 24.3 Å². The highest BCUT2D eigenvalue weighted by atomic mass is 16.2. The molecule has 0 unspecified atom stereocenters. The molecule has 1 aromatic carbocycles. The molecule has 2 rings (SSSR count). The summed E-state index contributed by atoms with van der Waals surface area (Å²) in [5, 5.41) is 0. The zero-order chi connectivity index (χ0) is 13.8. The molecule has 19 heavy (non-hydrogen) atoms. The van der Waals surface area contributed by atoms with Crippen molar-refractivity contribution in [1.82, 2.24) is 4.90 Å². The fraction of sp³-hybridized carbons (Fsp3) is 0.400. The van der Waals surface area contributed by atoms with Gasteiger partial charge in [-0.3, -0.25) is 19.3 Å². The number of Topliss-reactive ketones (excluding diaryl/α,β-unsaturated/α-hetero) is 1. The van der Waals surface area contributed by atoms with E-state index in [-0.39, 0.29) is 24.0 Å². The van der Waals surface area contributed by atoms with Gasteiger partial charge in [-0.05, 0) is 13.3 Å². The van der Waals surface area contributed by atoms with E-state index in [2.05, 4.69) is 0 Å². The molecule has 1 aliphatic heterocycles. The second-order valence-corrected chi connectivity index (χ2v) is 4.83. The van der Waals surface area contributed by atoms with Crippen molar-refractivity contribution in [2.45, 2.75) is 32.6 Å². The quantitative estimate of drug-likeness (QED) is 0.601. The maximum Gasteiger partial charge on any atom is 0.230 e. The summed E-state index contributed by atoms with van der Waals surface area (Å²) < 4.78 is 0. The fourth-order valence-corrected chi connectivity index (χ4v) is 2.00. The Morgan fingerprint density at radius 2 is 1.84 bits per heavy atom. The lowest BCUT2D eigenvalue weighted by Gasteiger charge is -2.28. The molecule has 2 amide bonds. The second-order valence-electron chi connectivity index (χ2n) is 4.83. The van der Waals surface area contributed by atoms with Gasteiger partial charge >= 0.3 is 0 Å². The summed E-state index contributed by atoms with van der Waals surface area (Å²) in [6, 6.07) is 7.41. The van der Waals surface area contributed by atoms with E-state index in [1.165, 1.54) is 4.90 Å². The first-order valence-electron chi connectivity index (χ1n) is 6.51. The minimum Gasteiger partial charge on any atom is -0.294 e. The third-order valence-electron chi connectivity index (χ3n) is 3.32. The van der Waals surface area contributed by atoms with E-state index in [1.807, 2.05) is 19.1 Å². The zero-order valence-electron chi connectivity index (χ0n) is 11.0. The minimum absolute atomic E-state index is 0.0442. The Kier molecular flexibility index (Phi) is 4.10. The first kappa shape index (κ1) is 13.5. The van der Waals surface area contributed by atoms with Gasteiger partial charge in [-0.15, -0.1) is 0 Å². The summed E-state index contributed by atoms with van der Waals surface area (Å²) in [6.45, 7) is 2.50. The van der Waals surface area contributed by atoms with Crippen molar-refractivity contribution >= 4 is 17.6 Å². The Balaban J connectivity index is 1.76. The third kappa shape index (κ3) is 3.28. The van der Waals surface area contributed by atoms with Crippen LogP contribution in [-0.4, -0.2) is 29.0 Å². The maximum atomic E-state index is 11.9. The fourth-order valence-electron chi connectivity index (χ4n) is 2.00. The van der Waals surface area contributed by atoms with Gasteiger partial charge in [0.2, 0.25) is 11.8 Å². The molecular weight excluding hydrogens is 242 g/mol. The molecule has 0 aliphatic carbocycles. The van der Waals surface area contributed by atoms with Crippen LogP contribution in [0.25, 0.3) is 0 Å². The van der Waals surface area contributed by atoms with Gasteiger partial charge in [0.05, 0.1) is 0 Å². The molecule has 0 spiro atoms. The molecule has 1 aliphatic rings. The molecule has 0 saturated carbocycles. The van der Waals surface area contributed by atoms with Crippen LogP contribution < -0.4 is 0 Å². The molecular formula is C15H17NO3. The number of likely N-dealkylation sites (tertiary alicyclic amines) is 1. The van der Waals surface area contributed by atoms with Crippen LogP contribution in [0.1, 0.15) is 41.6 Å². The average molecular weight is 259 g/mol. The summed E-state index contributed by atoms with van der Waals surface area (Å²) in [7, 11) is 0. The molecule has 0 aromatic heterocycles. The molecule has 0 N–H and O–H groups in total. The van der Waals surface area contributed by atoms with Crippen molar-refractivity contribution in [1.29, 1.82) is 0 Å². The number of nitrogens with zero attached hydrogens (tertiary/aromatic N) is 1. The van der Waals surface area contributed by atoms with Crippen LogP contribution in [0, 0.1) is 6.92 Å². The van der Waals surface area contributed by atoms with E-state index in [9.17, 15) is 14.4 Å². The van der Waals surface area contributed by atoms with E-state index in [0.29, 0.717) is 31.4 Å². The molecule has 1 aromatic rings. The van der Waals surface area contributed by atoms with Crippen molar-refractivity contribution in [2.75, 3.05) is 6.54 Å². The van der Waals surface area contributed by atoms with Crippen LogP contribution in [-0.2, 0) is 9.59 Å². The highest BCUT2D eigenvalue weighted by Gasteiger charge is 2.29. The lowest BCUT2D eigenvalue weighted by atomic mass is 10.0. The SMILES string of the molecule is Cc1ccc(C(=O)CCCC(=O)N2CCC2=O)cc1. The molecule has 100 valence electrons. The topological polar surface area (TPSA) is 54.5 Å². The number of carbonyl (C=O) groups excluding carboxylic acids is 3. The minimum atomic E-state index is -0.159. The molecule has 1 heterocycles. The number of aryl methyl sites for hydroxylation is 1. The first-order valence-corrected chi connectivity index (χ1v) is 6.51. The Bertz CT molecular complexity index is 505. The Morgan fingerprint density at radius 3 is 2.37 bits per heavy atom. The number of carbonyl (C=O) groups is 3. The van der Waals surface area contributed by atoms with Crippen molar-refractivity contribution in [3.63, 3.8) is 0 Å². The molecule has 0 radical (unpaired) electrons. The highest BCUT2D eigenvalue weighted by molar-refractivity contribution is 6.00. The average Bonchev–Trinajstić information content (AvgIpc) is 2.37. The van der Waals surface area contributed by atoms with Crippen molar-refractivity contribution in [2.24, 2.45) is 0 Å². The predicted octanol–water partition coefficient (Wildman–Crippen LogP) is 2.11. The largest absolute Gasteiger partial charge is 0.294 e. The number of hydrogen-bond donors (Lipinski definition) is 0. The molecule has 1 saturated heterocycles. The first-order chi connectivity index (χ1) is 9.08. The number of rotatable bonds is 5. The maximum absolute atomic E-state index is 11.9. The number of β-lactam (4-membered cyclic amide) rings is 1. The van der Waals surface area contributed by atoms with Crippen LogP contribution >= 0.6 is 0 Å². The van der Waals surface area contributed by atoms with Gasteiger partial charge in [0.1, 0.15) is 0 Å². The normalized spacial score (nSPS) is 14.2. The predicted molar refractivity (Wildman–Crippen MR) is 70.7 cm³/mol.